The van der Waals surface area contributed by atoms with E-state index < -0.39 is 10.0 Å². The van der Waals surface area contributed by atoms with Crippen molar-refractivity contribution in [1.29, 1.82) is 0 Å². The van der Waals surface area contributed by atoms with Crippen molar-refractivity contribution in [2.45, 2.75) is 56.3 Å². The first kappa shape index (κ1) is 15.8. The van der Waals surface area contributed by atoms with E-state index in [1.54, 1.807) is 16.4 Å². The lowest BCUT2D eigenvalue weighted by Crippen LogP contribution is -2.38. The van der Waals surface area contributed by atoms with E-state index in [-0.39, 0.29) is 6.04 Å². The van der Waals surface area contributed by atoms with Gasteiger partial charge in [-0.05, 0) is 43.9 Å². The smallest absolute Gasteiger partial charge is 0.207 e. The molecule has 1 unspecified atom stereocenters. The fraction of sp³-hybridized carbons (Fsp3) is 0.600. The van der Waals surface area contributed by atoms with Crippen LogP contribution in [0.15, 0.2) is 23.1 Å². The van der Waals surface area contributed by atoms with E-state index in [1.807, 2.05) is 19.9 Å². The summed E-state index contributed by atoms with van der Waals surface area (Å²) in [4.78, 5) is 0.407. The summed E-state index contributed by atoms with van der Waals surface area (Å²) < 4.78 is 27.5. The van der Waals surface area contributed by atoms with Crippen LogP contribution < -0.4 is 0 Å². The minimum atomic E-state index is -3.42. The molecule has 20 heavy (non-hydrogen) atoms. The van der Waals surface area contributed by atoms with Crippen LogP contribution in [-0.2, 0) is 15.9 Å². The van der Waals surface area contributed by atoms with E-state index >= 15 is 0 Å². The first-order valence-corrected chi connectivity index (χ1v) is 9.12. The first-order valence-electron chi connectivity index (χ1n) is 7.14. The van der Waals surface area contributed by atoms with Gasteiger partial charge in [0.05, 0.1) is 4.90 Å². The van der Waals surface area contributed by atoms with E-state index in [2.05, 4.69) is 0 Å². The molecule has 0 spiro atoms. The zero-order chi connectivity index (χ0) is 14.8. The minimum absolute atomic E-state index is 0.0709. The lowest BCUT2D eigenvalue weighted by molar-refractivity contribution is 0.342. The van der Waals surface area contributed by atoms with E-state index in [9.17, 15) is 8.42 Å². The van der Waals surface area contributed by atoms with Gasteiger partial charge in [-0.2, -0.15) is 4.31 Å². The molecule has 0 aliphatic carbocycles. The van der Waals surface area contributed by atoms with Crippen molar-refractivity contribution in [1.82, 2.24) is 4.31 Å². The van der Waals surface area contributed by atoms with Gasteiger partial charge < -0.3 is 0 Å². The summed E-state index contributed by atoms with van der Waals surface area (Å²) in [6.07, 6.45) is 4.09. The molecule has 1 saturated heterocycles. The van der Waals surface area contributed by atoms with Crippen molar-refractivity contribution in [3.05, 3.63) is 29.3 Å². The predicted molar refractivity (Wildman–Crippen MR) is 82.6 cm³/mol. The van der Waals surface area contributed by atoms with Gasteiger partial charge in [-0.25, -0.2) is 8.42 Å². The number of hydrogen-bond donors (Lipinski definition) is 0. The Morgan fingerprint density at radius 3 is 2.75 bits per heavy atom. The van der Waals surface area contributed by atoms with Crippen LogP contribution in [-0.4, -0.2) is 25.3 Å². The molecule has 0 aromatic heterocycles. The molecule has 1 atom stereocenters. The second-order valence-corrected chi connectivity index (χ2v) is 7.61. The number of hydrogen-bond acceptors (Lipinski definition) is 2. The largest absolute Gasteiger partial charge is 0.243 e. The van der Waals surface area contributed by atoms with Gasteiger partial charge in [0, 0.05) is 18.5 Å². The number of sulfonamides is 1. The topological polar surface area (TPSA) is 37.4 Å². The maximum atomic E-state index is 12.9. The number of benzene rings is 1. The van der Waals surface area contributed by atoms with Gasteiger partial charge >= 0.3 is 0 Å². The normalized spacial score (nSPS) is 21.6. The predicted octanol–water partition coefficient (Wildman–Crippen LogP) is 3.69. The Hall–Kier alpha value is -0.580. The van der Waals surface area contributed by atoms with Crippen LogP contribution in [0.1, 0.15) is 43.7 Å². The van der Waals surface area contributed by atoms with E-state index in [1.165, 1.54) is 0 Å². The molecule has 3 nitrogen and oxygen atoms in total. The van der Waals surface area contributed by atoms with Gasteiger partial charge in [0.2, 0.25) is 10.0 Å². The number of rotatable bonds is 3. The Morgan fingerprint density at radius 1 is 1.30 bits per heavy atom. The molecule has 0 radical (unpaired) electrons. The highest BCUT2D eigenvalue weighted by Crippen LogP contribution is 2.28. The summed E-state index contributed by atoms with van der Waals surface area (Å²) in [5.41, 5.74) is 1.66. The molecule has 1 fully saturated rings. The van der Waals surface area contributed by atoms with Crippen LogP contribution in [0.2, 0.25) is 0 Å². The van der Waals surface area contributed by atoms with Crippen LogP contribution in [0.3, 0.4) is 0 Å². The Balaban J connectivity index is 2.44. The molecule has 0 N–H and O–H groups in total. The average molecular weight is 316 g/mol. The molecule has 2 rings (SSSR count). The highest BCUT2D eigenvalue weighted by Gasteiger charge is 2.31. The molecule has 1 aromatic rings. The summed E-state index contributed by atoms with van der Waals surface area (Å²) in [5, 5.41) is 0. The molecule has 0 saturated carbocycles. The van der Waals surface area contributed by atoms with E-state index in [0.29, 0.717) is 17.3 Å². The van der Waals surface area contributed by atoms with Crippen molar-refractivity contribution in [2.24, 2.45) is 0 Å². The summed E-state index contributed by atoms with van der Waals surface area (Å²) in [6, 6.07) is 5.42. The first-order chi connectivity index (χ1) is 9.48. The fourth-order valence-corrected chi connectivity index (χ4v) is 5.08. The van der Waals surface area contributed by atoms with E-state index in [4.69, 9.17) is 11.6 Å². The van der Waals surface area contributed by atoms with Crippen molar-refractivity contribution < 1.29 is 8.42 Å². The molecule has 1 aliphatic heterocycles. The standard InChI is InChI=1S/C15H22ClNO2S/c1-12-7-4-3-5-10-17(12)20(18,19)15-9-6-8-14(11-16)13(15)2/h6,8-9,12H,3-5,7,10-11H2,1-2H3. The summed E-state index contributed by atoms with van der Waals surface area (Å²) >= 11 is 5.89. The van der Waals surface area contributed by atoms with E-state index in [0.717, 1.165) is 36.8 Å². The lowest BCUT2D eigenvalue weighted by atomic mass is 10.1. The van der Waals surface area contributed by atoms with Gasteiger partial charge in [-0.15, -0.1) is 11.6 Å². The van der Waals surface area contributed by atoms with Crippen LogP contribution in [0.4, 0.5) is 0 Å². The Morgan fingerprint density at radius 2 is 2.05 bits per heavy atom. The van der Waals surface area contributed by atoms with Gasteiger partial charge in [0.25, 0.3) is 0 Å². The van der Waals surface area contributed by atoms with Gasteiger partial charge in [-0.3, -0.25) is 0 Å². The summed E-state index contributed by atoms with van der Waals surface area (Å²) in [6.45, 7) is 4.46. The highest BCUT2D eigenvalue weighted by molar-refractivity contribution is 7.89. The summed E-state index contributed by atoms with van der Waals surface area (Å²) in [5.74, 6) is 0.338. The Labute approximate surface area is 127 Å². The third-order valence-electron chi connectivity index (χ3n) is 4.12. The minimum Gasteiger partial charge on any atom is -0.207 e. The van der Waals surface area contributed by atoms with Crippen LogP contribution in [0.25, 0.3) is 0 Å². The van der Waals surface area contributed by atoms with Crippen LogP contribution in [0, 0.1) is 6.92 Å². The Bertz CT molecular complexity index is 571. The second-order valence-electron chi connectivity index (χ2n) is 5.49. The zero-order valence-corrected chi connectivity index (χ0v) is 13.7. The van der Waals surface area contributed by atoms with Gasteiger partial charge in [-0.1, -0.05) is 25.0 Å². The van der Waals surface area contributed by atoms with Crippen molar-refractivity contribution in [3.63, 3.8) is 0 Å². The molecule has 5 heteroatoms. The number of alkyl halides is 1. The average Bonchev–Trinajstić information content (AvgIpc) is 2.63. The molecule has 0 bridgehead atoms. The molecular formula is C15H22ClNO2S. The lowest BCUT2D eigenvalue weighted by Gasteiger charge is -2.27. The van der Waals surface area contributed by atoms with Crippen molar-refractivity contribution >= 4 is 21.6 Å². The van der Waals surface area contributed by atoms with Gasteiger partial charge in [0.1, 0.15) is 0 Å². The fourth-order valence-electron chi connectivity index (χ4n) is 2.82. The number of halogens is 1. The molecule has 1 heterocycles. The SMILES string of the molecule is Cc1c(CCl)cccc1S(=O)(=O)N1CCCCCC1C. The third kappa shape index (κ3) is 3.02. The van der Waals surface area contributed by atoms with Crippen molar-refractivity contribution in [3.8, 4) is 0 Å². The van der Waals surface area contributed by atoms with Crippen LogP contribution in [0.5, 0.6) is 0 Å². The maximum absolute atomic E-state index is 12.9. The van der Waals surface area contributed by atoms with Gasteiger partial charge in [0.15, 0.2) is 0 Å². The molecule has 0 amide bonds. The van der Waals surface area contributed by atoms with Crippen LogP contribution >= 0.6 is 11.6 Å². The number of nitrogens with zero attached hydrogens (tertiary/aromatic N) is 1. The molecule has 1 aliphatic rings. The second kappa shape index (κ2) is 6.46. The molecular weight excluding hydrogens is 294 g/mol. The quantitative estimate of drug-likeness (QED) is 0.798. The molecule has 112 valence electrons. The monoisotopic (exact) mass is 315 g/mol. The zero-order valence-electron chi connectivity index (χ0n) is 12.1. The maximum Gasteiger partial charge on any atom is 0.243 e. The summed E-state index contributed by atoms with van der Waals surface area (Å²) in [7, 11) is -3.42. The third-order valence-corrected chi connectivity index (χ3v) is 6.56. The van der Waals surface area contributed by atoms with Crippen molar-refractivity contribution in [2.75, 3.05) is 6.54 Å². The molecule has 1 aromatic carbocycles. The Kier molecular flexibility index (Phi) is 5.10. The highest BCUT2D eigenvalue weighted by atomic mass is 35.5.